The van der Waals surface area contributed by atoms with Crippen molar-refractivity contribution in [1.29, 1.82) is 0 Å². The van der Waals surface area contributed by atoms with Crippen LogP contribution in [0.4, 0.5) is 4.39 Å². The van der Waals surface area contributed by atoms with Gasteiger partial charge in [-0.25, -0.2) is 4.39 Å². The highest BCUT2D eigenvalue weighted by Gasteiger charge is 2.30. The Hall–Kier alpha value is -2.60. The van der Waals surface area contributed by atoms with Gasteiger partial charge < -0.3 is 14.8 Å². The highest BCUT2D eigenvalue weighted by molar-refractivity contribution is 5.78. The van der Waals surface area contributed by atoms with Crippen LogP contribution in [-0.2, 0) is 17.8 Å². The molecule has 0 aromatic heterocycles. The van der Waals surface area contributed by atoms with E-state index < -0.39 is 0 Å². The molecule has 1 aliphatic rings. The van der Waals surface area contributed by atoms with Crippen LogP contribution in [0.25, 0.3) is 0 Å². The van der Waals surface area contributed by atoms with Gasteiger partial charge in [0.15, 0.2) is 11.5 Å². The molecule has 28 heavy (non-hydrogen) atoms. The molecule has 0 aliphatic heterocycles. The molecule has 1 amide bonds. The Labute approximate surface area is 165 Å². The Morgan fingerprint density at radius 2 is 1.75 bits per heavy atom. The molecule has 1 N–H and O–H groups in total. The summed E-state index contributed by atoms with van der Waals surface area (Å²) in [5.41, 5.74) is 2.09. The first-order valence-corrected chi connectivity index (χ1v) is 9.55. The van der Waals surface area contributed by atoms with Crippen molar-refractivity contribution in [1.82, 2.24) is 10.2 Å². The van der Waals surface area contributed by atoms with Crippen LogP contribution in [0.3, 0.4) is 0 Å². The van der Waals surface area contributed by atoms with Crippen LogP contribution in [0.5, 0.6) is 11.5 Å². The van der Waals surface area contributed by atoms with E-state index >= 15 is 0 Å². The van der Waals surface area contributed by atoms with E-state index in [0.29, 0.717) is 43.6 Å². The summed E-state index contributed by atoms with van der Waals surface area (Å²) in [4.78, 5) is 14.6. The van der Waals surface area contributed by atoms with Crippen LogP contribution in [0, 0.1) is 5.82 Å². The van der Waals surface area contributed by atoms with Crippen molar-refractivity contribution >= 4 is 5.91 Å². The fourth-order valence-corrected chi connectivity index (χ4v) is 3.20. The molecule has 0 radical (unpaired) electrons. The maximum atomic E-state index is 13.1. The van der Waals surface area contributed by atoms with Gasteiger partial charge in [0.25, 0.3) is 0 Å². The zero-order valence-electron chi connectivity index (χ0n) is 16.4. The van der Waals surface area contributed by atoms with Crippen molar-refractivity contribution in [3.63, 3.8) is 0 Å². The van der Waals surface area contributed by atoms with E-state index in [2.05, 4.69) is 10.2 Å². The molecule has 0 heterocycles. The minimum Gasteiger partial charge on any atom is -0.493 e. The molecule has 0 unspecified atom stereocenters. The van der Waals surface area contributed by atoms with Crippen molar-refractivity contribution in [2.75, 3.05) is 27.3 Å². The van der Waals surface area contributed by atoms with E-state index in [1.807, 2.05) is 18.2 Å². The van der Waals surface area contributed by atoms with Gasteiger partial charge in [-0.1, -0.05) is 18.2 Å². The number of benzene rings is 2. The number of halogens is 1. The average Bonchev–Trinajstić information content (AvgIpc) is 3.54. The second-order valence-corrected chi connectivity index (χ2v) is 7.05. The third kappa shape index (κ3) is 5.70. The summed E-state index contributed by atoms with van der Waals surface area (Å²) in [5.74, 6) is 1.14. The number of rotatable bonds is 10. The molecular weight excluding hydrogens is 359 g/mol. The van der Waals surface area contributed by atoms with Crippen molar-refractivity contribution in [3.05, 3.63) is 59.4 Å². The molecule has 2 aromatic carbocycles. The quantitative estimate of drug-likeness (QED) is 0.682. The predicted molar refractivity (Wildman–Crippen MR) is 106 cm³/mol. The summed E-state index contributed by atoms with van der Waals surface area (Å²) in [6.45, 7) is 1.57. The summed E-state index contributed by atoms with van der Waals surface area (Å²) in [6, 6.07) is 12.7. The van der Waals surface area contributed by atoms with Gasteiger partial charge in [0.2, 0.25) is 5.91 Å². The monoisotopic (exact) mass is 386 g/mol. The standard InChI is InChI=1S/C22H27FN2O3/c1-27-20-10-5-16(13-21(20)28-2)11-12-24-22(26)15-25(19-8-9-19)14-17-3-6-18(23)7-4-17/h3-7,10,13,19H,8-9,11-12,14-15H2,1-2H3,(H,24,26). The van der Waals surface area contributed by atoms with Gasteiger partial charge in [-0.3, -0.25) is 9.69 Å². The lowest BCUT2D eigenvalue weighted by atomic mass is 10.1. The molecule has 0 atom stereocenters. The lowest BCUT2D eigenvalue weighted by Gasteiger charge is -2.21. The highest BCUT2D eigenvalue weighted by atomic mass is 19.1. The van der Waals surface area contributed by atoms with Crippen LogP contribution < -0.4 is 14.8 Å². The fraction of sp³-hybridized carbons (Fsp3) is 0.409. The summed E-state index contributed by atoms with van der Waals surface area (Å²) in [5, 5.41) is 2.99. The third-order valence-electron chi connectivity index (χ3n) is 4.89. The molecule has 1 fully saturated rings. The first-order valence-electron chi connectivity index (χ1n) is 9.55. The Kier molecular flexibility index (Phi) is 6.87. The van der Waals surface area contributed by atoms with Crippen molar-refractivity contribution < 1.29 is 18.7 Å². The molecular formula is C22H27FN2O3. The Morgan fingerprint density at radius 3 is 2.39 bits per heavy atom. The average molecular weight is 386 g/mol. The Morgan fingerprint density at radius 1 is 1.07 bits per heavy atom. The van der Waals surface area contributed by atoms with Gasteiger partial charge in [0.05, 0.1) is 20.8 Å². The first kappa shape index (κ1) is 20.1. The van der Waals surface area contributed by atoms with E-state index in [9.17, 15) is 9.18 Å². The lowest BCUT2D eigenvalue weighted by Crippen LogP contribution is -2.38. The number of carbonyl (C=O) groups excluding carboxylic acids is 1. The number of nitrogens with one attached hydrogen (secondary N) is 1. The topological polar surface area (TPSA) is 50.8 Å². The largest absolute Gasteiger partial charge is 0.493 e. The first-order chi connectivity index (χ1) is 13.6. The smallest absolute Gasteiger partial charge is 0.234 e. The van der Waals surface area contributed by atoms with Gasteiger partial charge in [0, 0.05) is 19.1 Å². The third-order valence-corrected chi connectivity index (χ3v) is 4.89. The molecule has 1 aliphatic carbocycles. The Balaban J connectivity index is 1.48. The summed E-state index contributed by atoms with van der Waals surface area (Å²) in [7, 11) is 3.21. The number of ether oxygens (including phenoxy) is 2. The molecule has 0 saturated heterocycles. The lowest BCUT2D eigenvalue weighted by molar-refractivity contribution is -0.122. The minimum atomic E-state index is -0.241. The van der Waals surface area contributed by atoms with Gasteiger partial charge in [0.1, 0.15) is 5.82 Å². The molecule has 2 aromatic rings. The zero-order valence-corrected chi connectivity index (χ0v) is 16.4. The van der Waals surface area contributed by atoms with Gasteiger partial charge in [-0.15, -0.1) is 0 Å². The van der Waals surface area contributed by atoms with E-state index in [0.717, 1.165) is 24.0 Å². The SMILES string of the molecule is COc1ccc(CCNC(=O)CN(Cc2ccc(F)cc2)C2CC2)cc1OC. The summed E-state index contributed by atoms with van der Waals surface area (Å²) >= 11 is 0. The second-order valence-electron chi connectivity index (χ2n) is 7.05. The normalized spacial score (nSPS) is 13.4. The van der Waals surface area contributed by atoms with Crippen LogP contribution in [0.15, 0.2) is 42.5 Å². The van der Waals surface area contributed by atoms with Gasteiger partial charge >= 0.3 is 0 Å². The fourth-order valence-electron chi connectivity index (χ4n) is 3.20. The number of carbonyl (C=O) groups is 1. The maximum Gasteiger partial charge on any atom is 0.234 e. The van der Waals surface area contributed by atoms with Crippen LogP contribution in [-0.4, -0.2) is 44.2 Å². The molecule has 0 spiro atoms. The van der Waals surface area contributed by atoms with Gasteiger partial charge in [-0.2, -0.15) is 0 Å². The van der Waals surface area contributed by atoms with Crippen molar-refractivity contribution in [2.45, 2.75) is 31.8 Å². The van der Waals surface area contributed by atoms with E-state index in [4.69, 9.17) is 9.47 Å². The van der Waals surface area contributed by atoms with Crippen LogP contribution in [0.1, 0.15) is 24.0 Å². The van der Waals surface area contributed by atoms with Crippen LogP contribution >= 0.6 is 0 Å². The number of nitrogens with zero attached hydrogens (tertiary/aromatic N) is 1. The minimum absolute atomic E-state index is 0.00879. The van der Waals surface area contributed by atoms with E-state index in [1.165, 1.54) is 12.1 Å². The highest BCUT2D eigenvalue weighted by Crippen LogP contribution is 2.28. The van der Waals surface area contributed by atoms with E-state index in [-0.39, 0.29) is 11.7 Å². The maximum absolute atomic E-state index is 13.1. The second kappa shape index (κ2) is 9.55. The van der Waals surface area contributed by atoms with Crippen molar-refractivity contribution in [2.24, 2.45) is 0 Å². The molecule has 0 bridgehead atoms. The predicted octanol–water partition coefficient (Wildman–Crippen LogP) is 3.17. The van der Waals surface area contributed by atoms with Gasteiger partial charge in [-0.05, 0) is 54.7 Å². The summed E-state index contributed by atoms with van der Waals surface area (Å²) < 4.78 is 23.6. The molecule has 5 nitrogen and oxygen atoms in total. The zero-order chi connectivity index (χ0) is 19.9. The van der Waals surface area contributed by atoms with Crippen LogP contribution in [0.2, 0.25) is 0 Å². The molecule has 150 valence electrons. The summed E-state index contributed by atoms with van der Waals surface area (Å²) in [6.07, 6.45) is 2.94. The number of methoxy groups -OCH3 is 2. The molecule has 3 rings (SSSR count). The molecule has 6 heteroatoms. The Bertz CT molecular complexity index is 791. The molecule has 1 saturated carbocycles. The number of amides is 1. The number of hydrogen-bond donors (Lipinski definition) is 1. The van der Waals surface area contributed by atoms with Crippen molar-refractivity contribution in [3.8, 4) is 11.5 Å². The number of hydrogen-bond acceptors (Lipinski definition) is 4. The van der Waals surface area contributed by atoms with E-state index in [1.54, 1.807) is 26.4 Å².